The van der Waals surface area contributed by atoms with Gasteiger partial charge in [-0.25, -0.2) is 4.79 Å². The maximum Gasteiger partial charge on any atom is 0.337 e. The molecule has 0 amide bonds. The van der Waals surface area contributed by atoms with Crippen LogP contribution in [0.1, 0.15) is 30.1 Å². The minimum absolute atomic E-state index is 0.274. The lowest BCUT2D eigenvalue weighted by molar-refractivity contribution is 0.0601. The Morgan fingerprint density at radius 2 is 2.06 bits per heavy atom. The van der Waals surface area contributed by atoms with Crippen molar-refractivity contribution in [1.82, 2.24) is 0 Å². The van der Waals surface area contributed by atoms with E-state index in [1.165, 1.54) is 25.6 Å². The topological polar surface area (TPSA) is 29.5 Å². The molecule has 1 aromatic rings. The molecule has 0 aromatic heterocycles. The molecule has 0 bridgehead atoms. The summed E-state index contributed by atoms with van der Waals surface area (Å²) in [7, 11) is 1.41. The van der Waals surface area contributed by atoms with Crippen LogP contribution in [0.25, 0.3) is 0 Å². The van der Waals surface area contributed by atoms with E-state index in [0.29, 0.717) is 5.56 Å². The molecule has 3 heteroatoms. The van der Waals surface area contributed by atoms with E-state index in [1.54, 1.807) is 0 Å². The number of esters is 1. The zero-order valence-electron chi connectivity index (χ0n) is 10.5. The third-order valence-electron chi connectivity index (χ3n) is 3.31. The fourth-order valence-corrected chi connectivity index (χ4v) is 2.35. The Bertz CT molecular complexity index is 386. The van der Waals surface area contributed by atoms with Crippen LogP contribution in [-0.4, -0.2) is 26.2 Å². The number of ether oxygens (including phenoxy) is 1. The zero-order valence-corrected chi connectivity index (χ0v) is 10.5. The third-order valence-corrected chi connectivity index (χ3v) is 3.31. The van der Waals surface area contributed by atoms with Gasteiger partial charge in [0.15, 0.2) is 0 Å². The lowest BCUT2D eigenvalue weighted by atomic mass is 9.99. The second kappa shape index (κ2) is 5.21. The number of hydrogen-bond acceptors (Lipinski definition) is 3. The molecule has 1 atom stereocenters. The van der Waals surface area contributed by atoms with Crippen LogP contribution in [0.3, 0.4) is 0 Å². The Hall–Kier alpha value is -1.51. The molecule has 1 heterocycles. The largest absolute Gasteiger partial charge is 0.465 e. The predicted molar refractivity (Wildman–Crippen MR) is 68.4 cm³/mol. The van der Waals surface area contributed by atoms with Crippen LogP contribution in [0.5, 0.6) is 0 Å². The Labute approximate surface area is 102 Å². The summed E-state index contributed by atoms with van der Waals surface area (Å²) < 4.78 is 4.69. The third kappa shape index (κ3) is 2.78. The first-order chi connectivity index (χ1) is 8.20. The summed E-state index contributed by atoms with van der Waals surface area (Å²) in [5.41, 5.74) is 1.81. The van der Waals surface area contributed by atoms with E-state index in [9.17, 15) is 4.79 Å². The van der Waals surface area contributed by atoms with Gasteiger partial charge < -0.3 is 9.64 Å². The molecule has 1 aliphatic rings. The number of hydrogen-bond donors (Lipinski definition) is 0. The average Bonchev–Trinajstić information content (AvgIpc) is 2.38. The summed E-state index contributed by atoms with van der Waals surface area (Å²) in [4.78, 5) is 13.7. The van der Waals surface area contributed by atoms with Crippen LogP contribution in [0.15, 0.2) is 24.3 Å². The summed E-state index contributed by atoms with van der Waals surface area (Å²) in [6.45, 7) is 4.51. The molecule has 0 N–H and O–H groups in total. The van der Waals surface area contributed by atoms with E-state index in [2.05, 4.69) is 16.6 Å². The van der Waals surface area contributed by atoms with Crippen LogP contribution < -0.4 is 4.90 Å². The van der Waals surface area contributed by atoms with Gasteiger partial charge >= 0.3 is 5.97 Å². The molecule has 1 saturated heterocycles. The van der Waals surface area contributed by atoms with Gasteiger partial charge in [-0.2, -0.15) is 0 Å². The van der Waals surface area contributed by atoms with Gasteiger partial charge in [0.05, 0.1) is 12.7 Å². The highest BCUT2D eigenvalue weighted by Crippen LogP contribution is 2.23. The van der Waals surface area contributed by atoms with Crippen LogP contribution >= 0.6 is 0 Å². The van der Waals surface area contributed by atoms with Crippen molar-refractivity contribution in [2.24, 2.45) is 5.92 Å². The molecule has 0 aliphatic carbocycles. The van der Waals surface area contributed by atoms with E-state index in [-0.39, 0.29) is 5.97 Å². The van der Waals surface area contributed by atoms with Gasteiger partial charge in [0, 0.05) is 18.8 Å². The summed E-state index contributed by atoms with van der Waals surface area (Å²) >= 11 is 0. The highest BCUT2D eigenvalue weighted by Gasteiger charge is 2.16. The fraction of sp³-hybridized carbons (Fsp3) is 0.500. The Kier molecular flexibility index (Phi) is 3.67. The van der Waals surface area contributed by atoms with Crippen LogP contribution in [0.2, 0.25) is 0 Å². The number of carbonyl (C=O) groups excluding carboxylic acids is 1. The lowest BCUT2D eigenvalue weighted by Gasteiger charge is -2.32. The van der Waals surface area contributed by atoms with E-state index < -0.39 is 0 Å². The van der Waals surface area contributed by atoms with Crippen molar-refractivity contribution < 1.29 is 9.53 Å². The molecule has 1 aromatic carbocycles. The molecule has 0 radical (unpaired) electrons. The molecule has 0 saturated carbocycles. The molecule has 1 aliphatic heterocycles. The first-order valence-electron chi connectivity index (χ1n) is 6.14. The standard InChI is InChI=1S/C14H19NO2/c1-11-4-3-9-15(10-11)13-7-5-12(6-8-13)14(16)17-2/h5-8,11H,3-4,9-10H2,1-2H3/t11-/m0/s1. The first-order valence-corrected chi connectivity index (χ1v) is 6.14. The number of piperidine rings is 1. The number of benzene rings is 1. The van der Waals surface area contributed by atoms with E-state index >= 15 is 0 Å². The quantitative estimate of drug-likeness (QED) is 0.736. The van der Waals surface area contributed by atoms with E-state index in [4.69, 9.17) is 0 Å². The first kappa shape index (κ1) is 12.0. The summed E-state index contributed by atoms with van der Waals surface area (Å²) in [5.74, 6) is 0.479. The highest BCUT2D eigenvalue weighted by molar-refractivity contribution is 5.89. The molecule has 92 valence electrons. The van der Waals surface area contributed by atoms with Crippen molar-refractivity contribution in [2.75, 3.05) is 25.1 Å². The normalized spacial score (nSPS) is 20.1. The van der Waals surface area contributed by atoms with Crippen LogP contribution in [0, 0.1) is 5.92 Å². The van der Waals surface area contributed by atoms with Gasteiger partial charge in [-0.05, 0) is 43.0 Å². The smallest absolute Gasteiger partial charge is 0.337 e. The van der Waals surface area contributed by atoms with Crippen LogP contribution in [0.4, 0.5) is 5.69 Å². The zero-order chi connectivity index (χ0) is 12.3. The van der Waals surface area contributed by atoms with Gasteiger partial charge in [0.1, 0.15) is 0 Å². The fourth-order valence-electron chi connectivity index (χ4n) is 2.35. The number of rotatable bonds is 2. The number of methoxy groups -OCH3 is 1. The maximum atomic E-state index is 11.3. The Morgan fingerprint density at radius 3 is 2.65 bits per heavy atom. The molecule has 2 rings (SSSR count). The molecule has 17 heavy (non-hydrogen) atoms. The highest BCUT2D eigenvalue weighted by atomic mass is 16.5. The van der Waals surface area contributed by atoms with Crippen molar-refractivity contribution in [2.45, 2.75) is 19.8 Å². The molecule has 3 nitrogen and oxygen atoms in total. The number of anilines is 1. The summed E-state index contributed by atoms with van der Waals surface area (Å²) in [6, 6.07) is 7.68. The molecular formula is C14H19NO2. The van der Waals surface area contributed by atoms with Crippen molar-refractivity contribution in [3.05, 3.63) is 29.8 Å². The van der Waals surface area contributed by atoms with Crippen LogP contribution in [-0.2, 0) is 4.74 Å². The Balaban J connectivity index is 2.09. The molecule has 1 fully saturated rings. The van der Waals surface area contributed by atoms with Gasteiger partial charge in [0.25, 0.3) is 0 Å². The molecule has 0 unspecified atom stereocenters. The lowest BCUT2D eigenvalue weighted by Crippen LogP contribution is -2.34. The summed E-state index contributed by atoms with van der Waals surface area (Å²) in [6.07, 6.45) is 2.57. The van der Waals surface area contributed by atoms with Crippen molar-refractivity contribution in [1.29, 1.82) is 0 Å². The van der Waals surface area contributed by atoms with E-state index in [0.717, 1.165) is 19.0 Å². The monoisotopic (exact) mass is 233 g/mol. The average molecular weight is 233 g/mol. The van der Waals surface area contributed by atoms with Crippen molar-refractivity contribution in [3.8, 4) is 0 Å². The number of nitrogens with zero attached hydrogens (tertiary/aromatic N) is 1. The molecule has 0 spiro atoms. The van der Waals surface area contributed by atoms with Gasteiger partial charge in [-0.1, -0.05) is 6.92 Å². The minimum atomic E-state index is -0.274. The van der Waals surface area contributed by atoms with Gasteiger partial charge in [0.2, 0.25) is 0 Å². The summed E-state index contributed by atoms with van der Waals surface area (Å²) in [5, 5.41) is 0. The van der Waals surface area contributed by atoms with Gasteiger partial charge in [-0.15, -0.1) is 0 Å². The molecular weight excluding hydrogens is 214 g/mol. The van der Waals surface area contributed by atoms with Crippen molar-refractivity contribution in [3.63, 3.8) is 0 Å². The second-order valence-corrected chi connectivity index (χ2v) is 4.73. The van der Waals surface area contributed by atoms with Gasteiger partial charge in [-0.3, -0.25) is 0 Å². The SMILES string of the molecule is COC(=O)c1ccc(N2CCC[C@H](C)C2)cc1. The van der Waals surface area contributed by atoms with Crippen molar-refractivity contribution >= 4 is 11.7 Å². The Morgan fingerprint density at radius 1 is 1.35 bits per heavy atom. The van der Waals surface area contributed by atoms with E-state index in [1.807, 2.05) is 24.3 Å². The maximum absolute atomic E-state index is 11.3. The predicted octanol–water partition coefficient (Wildman–Crippen LogP) is 2.71. The number of carbonyl (C=O) groups is 1. The minimum Gasteiger partial charge on any atom is -0.465 e. The second-order valence-electron chi connectivity index (χ2n) is 4.73.